The molecule has 378 valence electrons. The number of likely N-dealkylation sites (tertiary alicyclic amines) is 1. The second kappa shape index (κ2) is 27.9. The summed E-state index contributed by atoms with van der Waals surface area (Å²) < 4.78 is 0. The first-order chi connectivity index (χ1) is 31.1. The SMILES string of the molecule is CC[C@H](C)[C@H](NC(=O)[C@H](C)NC(=O)[C@H](CC(=O)O)NC(=O)[C@H](CC(=O)O)NC(=O)[C@H](CCC(=O)O)NC(=O)[C@@H](N)CC(C)C)C(=O)N1CCC[C@H]1C(=O)N[C@@H](CO)C(=O)N[C@H](C(=O)O)C(C)C. The number of aliphatic hydroxyl groups is 1. The molecule has 1 fully saturated rings. The third-order valence-electron chi connectivity index (χ3n) is 10.8. The van der Waals surface area contributed by atoms with E-state index in [0.29, 0.717) is 12.8 Å². The van der Waals surface area contributed by atoms with E-state index in [0.717, 1.165) is 6.92 Å². The fourth-order valence-electron chi connectivity index (χ4n) is 6.79. The van der Waals surface area contributed by atoms with Crippen LogP contribution in [0.4, 0.5) is 0 Å². The van der Waals surface area contributed by atoms with Crippen LogP contribution in [-0.4, -0.2) is 169 Å². The van der Waals surface area contributed by atoms with Crippen molar-refractivity contribution in [1.82, 2.24) is 42.1 Å². The smallest absolute Gasteiger partial charge is 0.326 e. The monoisotopic (exact) mass is 957 g/mol. The molecule has 0 aromatic carbocycles. The first-order valence-electron chi connectivity index (χ1n) is 21.8. The van der Waals surface area contributed by atoms with Crippen LogP contribution in [0.2, 0.25) is 0 Å². The van der Waals surface area contributed by atoms with Gasteiger partial charge in [-0.1, -0.05) is 48.0 Å². The summed E-state index contributed by atoms with van der Waals surface area (Å²) in [6, 6.07) is -13.7. The molecule has 1 heterocycles. The maximum atomic E-state index is 14.0. The maximum absolute atomic E-state index is 14.0. The number of nitrogens with one attached hydrogen (secondary N) is 7. The van der Waals surface area contributed by atoms with Crippen LogP contribution in [0.25, 0.3) is 0 Å². The van der Waals surface area contributed by atoms with Gasteiger partial charge in [-0.15, -0.1) is 0 Å². The molecule has 0 saturated carbocycles. The molecule has 67 heavy (non-hydrogen) atoms. The van der Waals surface area contributed by atoms with E-state index in [4.69, 9.17) is 5.73 Å². The van der Waals surface area contributed by atoms with Gasteiger partial charge in [0.15, 0.2) is 0 Å². The Morgan fingerprint density at radius 3 is 1.57 bits per heavy atom. The standard InChI is InChI=1S/C41H67N9O17/c1-8-20(6)32(40(65)50-13-9-10-27(50)39(64)47-26(17-51)38(63)48-31(19(4)5)41(66)67)49-33(58)21(7)43-36(61)24(15-29(54)55)46-37(62)25(16-30(56)57)45-35(60)23(11-12-28(52)53)44-34(59)22(42)14-18(2)3/h18-27,31-32,51H,8-17,42H2,1-7H3,(H,43,61)(H,44,59)(H,45,60)(H,46,62)(H,47,64)(H,48,63)(H,49,58)(H,52,53)(H,54,55)(H,56,57)(H,66,67)/t20-,21-,22-,23-,24-,25-,26-,27-,31-,32-/m0/s1. The predicted molar refractivity (Wildman–Crippen MR) is 232 cm³/mol. The van der Waals surface area contributed by atoms with Crippen molar-refractivity contribution < 1.29 is 83.1 Å². The van der Waals surface area contributed by atoms with Crippen molar-refractivity contribution in [1.29, 1.82) is 0 Å². The summed E-state index contributed by atoms with van der Waals surface area (Å²) in [4.78, 5) is 154. The number of aliphatic hydroxyl groups excluding tert-OH is 1. The predicted octanol–water partition coefficient (Wildman–Crippen LogP) is -3.64. The molecule has 1 aliphatic rings. The first-order valence-corrected chi connectivity index (χ1v) is 21.8. The zero-order valence-electron chi connectivity index (χ0n) is 38.7. The number of carbonyl (C=O) groups excluding carboxylic acids is 8. The lowest BCUT2D eigenvalue weighted by molar-refractivity contribution is -0.145. The maximum Gasteiger partial charge on any atom is 0.326 e. The summed E-state index contributed by atoms with van der Waals surface area (Å²) in [6.07, 6.45) is -2.45. The topological polar surface area (TPSA) is 419 Å². The third-order valence-corrected chi connectivity index (χ3v) is 10.8. The van der Waals surface area contributed by atoms with Crippen molar-refractivity contribution in [2.75, 3.05) is 13.2 Å². The molecule has 0 unspecified atom stereocenters. The van der Waals surface area contributed by atoms with Crippen LogP contribution in [0.3, 0.4) is 0 Å². The molecule has 0 aromatic heterocycles. The number of nitrogens with two attached hydrogens (primary N) is 1. The van der Waals surface area contributed by atoms with E-state index >= 15 is 0 Å². The summed E-state index contributed by atoms with van der Waals surface area (Å²) in [5.74, 6) is -15.3. The van der Waals surface area contributed by atoms with Gasteiger partial charge < -0.3 is 73.4 Å². The molecule has 8 amide bonds. The summed E-state index contributed by atoms with van der Waals surface area (Å²) >= 11 is 0. The molecule has 1 saturated heterocycles. The van der Waals surface area contributed by atoms with Gasteiger partial charge >= 0.3 is 23.9 Å². The van der Waals surface area contributed by atoms with Gasteiger partial charge in [0.2, 0.25) is 47.3 Å². The summed E-state index contributed by atoms with van der Waals surface area (Å²) in [5, 5.41) is 63.4. The van der Waals surface area contributed by atoms with E-state index in [1.165, 1.54) is 4.90 Å². The molecular formula is C41H67N9O17. The molecule has 0 aliphatic carbocycles. The molecular weight excluding hydrogens is 890 g/mol. The average molecular weight is 958 g/mol. The molecule has 14 N–H and O–H groups in total. The van der Waals surface area contributed by atoms with Crippen LogP contribution in [0.1, 0.15) is 99.8 Å². The highest BCUT2D eigenvalue weighted by Crippen LogP contribution is 2.22. The Morgan fingerprint density at radius 2 is 1.10 bits per heavy atom. The van der Waals surface area contributed by atoms with Crippen LogP contribution in [0.5, 0.6) is 0 Å². The lowest BCUT2D eigenvalue weighted by Gasteiger charge is -2.32. The Balaban J connectivity index is 3.24. The Hall–Kier alpha value is -6.44. The number of carboxylic acid groups (broad SMARTS) is 4. The first kappa shape index (κ1) is 58.6. The summed E-state index contributed by atoms with van der Waals surface area (Å²) in [7, 11) is 0. The Labute approximate surface area is 386 Å². The fraction of sp³-hybridized carbons (Fsp3) is 0.707. The van der Waals surface area contributed by atoms with E-state index in [1.54, 1.807) is 41.5 Å². The van der Waals surface area contributed by atoms with Crippen LogP contribution < -0.4 is 43.0 Å². The third kappa shape index (κ3) is 19.5. The lowest BCUT2D eigenvalue weighted by Crippen LogP contribution is -2.61. The number of aliphatic carboxylic acids is 4. The van der Waals surface area contributed by atoms with Crippen molar-refractivity contribution in [2.45, 2.75) is 154 Å². The molecule has 1 rings (SSSR count). The second-order valence-corrected chi connectivity index (χ2v) is 17.2. The second-order valence-electron chi connectivity index (χ2n) is 17.2. The molecule has 0 bridgehead atoms. The van der Waals surface area contributed by atoms with E-state index in [1.807, 2.05) is 5.32 Å². The van der Waals surface area contributed by atoms with Crippen LogP contribution in [0.15, 0.2) is 0 Å². The minimum atomic E-state index is -2.01. The number of hydrogen-bond donors (Lipinski definition) is 13. The fourth-order valence-corrected chi connectivity index (χ4v) is 6.79. The largest absolute Gasteiger partial charge is 0.481 e. The van der Waals surface area contributed by atoms with Gasteiger partial charge in [-0.05, 0) is 50.4 Å². The minimum Gasteiger partial charge on any atom is -0.481 e. The molecule has 1 aliphatic heterocycles. The van der Waals surface area contributed by atoms with E-state index in [9.17, 15) is 83.1 Å². The molecule has 26 nitrogen and oxygen atoms in total. The van der Waals surface area contributed by atoms with E-state index in [2.05, 4.69) is 31.9 Å². The Bertz CT molecular complexity index is 1830. The number of nitrogens with zero attached hydrogens (tertiary/aromatic N) is 1. The average Bonchev–Trinajstić information content (AvgIpc) is 3.73. The van der Waals surface area contributed by atoms with Gasteiger partial charge in [-0.25, -0.2) is 4.79 Å². The molecule has 0 spiro atoms. The normalized spacial score (nSPS) is 17.5. The van der Waals surface area contributed by atoms with Crippen molar-refractivity contribution in [2.24, 2.45) is 23.5 Å². The van der Waals surface area contributed by atoms with Crippen molar-refractivity contribution >= 4 is 71.1 Å². The van der Waals surface area contributed by atoms with E-state index < -0.39 is 170 Å². The number of carbonyl (C=O) groups is 12. The van der Waals surface area contributed by atoms with Crippen LogP contribution in [-0.2, 0) is 57.5 Å². The number of amides is 8. The van der Waals surface area contributed by atoms with Crippen molar-refractivity contribution in [3.05, 3.63) is 0 Å². The van der Waals surface area contributed by atoms with Gasteiger partial charge in [-0.3, -0.25) is 52.7 Å². The van der Waals surface area contributed by atoms with Crippen molar-refractivity contribution in [3.8, 4) is 0 Å². The Morgan fingerprint density at radius 1 is 0.612 bits per heavy atom. The molecule has 0 aromatic rings. The van der Waals surface area contributed by atoms with Gasteiger partial charge in [0.1, 0.15) is 48.3 Å². The summed E-state index contributed by atoms with van der Waals surface area (Å²) in [6.45, 7) is 10.3. The number of rotatable bonds is 29. The lowest BCUT2D eigenvalue weighted by atomic mass is 9.97. The molecule has 10 atom stereocenters. The van der Waals surface area contributed by atoms with Gasteiger partial charge in [0.05, 0.1) is 25.5 Å². The van der Waals surface area contributed by atoms with Gasteiger partial charge in [0.25, 0.3) is 0 Å². The van der Waals surface area contributed by atoms with Gasteiger partial charge in [0, 0.05) is 13.0 Å². The summed E-state index contributed by atoms with van der Waals surface area (Å²) in [5.41, 5.74) is 5.89. The zero-order valence-corrected chi connectivity index (χ0v) is 38.7. The highest BCUT2D eigenvalue weighted by Gasteiger charge is 2.41. The minimum absolute atomic E-state index is 0.0421. The van der Waals surface area contributed by atoms with Crippen LogP contribution >= 0.6 is 0 Å². The quantitative estimate of drug-likeness (QED) is 0.0344. The number of carboxylic acids is 4. The van der Waals surface area contributed by atoms with E-state index in [-0.39, 0.29) is 25.3 Å². The Kier molecular flexibility index (Phi) is 24.4. The molecule has 0 radical (unpaired) electrons. The zero-order chi connectivity index (χ0) is 51.5. The number of hydrogen-bond acceptors (Lipinski definition) is 14. The van der Waals surface area contributed by atoms with Crippen molar-refractivity contribution in [3.63, 3.8) is 0 Å². The van der Waals surface area contributed by atoms with Gasteiger partial charge in [-0.2, -0.15) is 0 Å². The highest BCUT2D eigenvalue weighted by atomic mass is 16.4. The molecule has 26 heteroatoms. The van der Waals surface area contributed by atoms with Crippen LogP contribution in [0, 0.1) is 17.8 Å². The highest BCUT2D eigenvalue weighted by molar-refractivity contribution is 5.99.